The highest BCUT2D eigenvalue weighted by atomic mass is 28.4. The SMILES string of the molecule is CC(C)(CCCCO)[Si](C)(C)O. The molecule has 0 saturated heterocycles. The maximum atomic E-state index is 9.92. The van der Waals surface area contributed by atoms with Gasteiger partial charge < -0.3 is 9.90 Å². The molecule has 0 spiro atoms. The van der Waals surface area contributed by atoms with Gasteiger partial charge in [0.25, 0.3) is 0 Å². The molecule has 0 fully saturated rings. The van der Waals surface area contributed by atoms with E-state index in [-0.39, 0.29) is 11.6 Å². The standard InChI is InChI=1S/C9H22O2Si/c1-9(2,12(3,4)11)7-5-6-8-10/h10-11H,5-8H2,1-4H3. The van der Waals surface area contributed by atoms with Gasteiger partial charge in [0.15, 0.2) is 8.32 Å². The van der Waals surface area contributed by atoms with E-state index < -0.39 is 8.32 Å². The minimum Gasteiger partial charge on any atom is -0.432 e. The van der Waals surface area contributed by atoms with Crippen molar-refractivity contribution in [3.8, 4) is 0 Å². The van der Waals surface area contributed by atoms with Gasteiger partial charge in [0, 0.05) is 6.61 Å². The Hall–Kier alpha value is 0.137. The maximum absolute atomic E-state index is 9.92. The molecule has 0 radical (unpaired) electrons. The Morgan fingerprint density at radius 1 is 1.17 bits per heavy atom. The molecule has 2 nitrogen and oxygen atoms in total. The molecule has 0 aromatic heterocycles. The van der Waals surface area contributed by atoms with Crippen molar-refractivity contribution in [2.24, 2.45) is 0 Å². The topological polar surface area (TPSA) is 40.5 Å². The molecule has 0 amide bonds. The van der Waals surface area contributed by atoms with Crippen LogP contribution in [0.25, 0.3) is 0 Å². The molecule has 0 heterocycles. The van der Waals surface area contributed by atoms with E-state index in [9.17, 15) is 4.80 Å². The van der Waals surface area contributed by atoms with E-state index in [0.29, 0.717) is 0 Å². The van der Waals surface area contributed by atoms with E-state index in [1.54, 1.807) is 0 Å². The van der Waals surface area contributed by atoms with Crippen LogP contribution in [0.2, 0.25) is 18.1 Å². The quantitative estimate of drug-likeness (QED) is 0.515. The lowest BCUT2D eigenvalue weighted by Gasteiger charge is -2.35. The van der Waals surface area contributed by atoms with Crippen molar-refractivity contribution in [3.05, 3.63) is 0 Å². The van der Waals surface area contributed by atoms with Gasteiger partial charge in [-0.05, 0) is 31.0 Å². The Bertz CT molecular complexity index is 127. The van der Waals surface area contributed by atoms with E-state index in [1.807, 2.05) is 13.1 Å². The molecule has 0 atom stereocenters. The second-order valence-electron chi connectivity index (χ2n) is 4.62. The third-order valence-corrected chi connectivity index (χ3v) is 6.43. The van der Waals surface area contributed by atoms with Crippen LogP contribution in [-0.4, -0.2) is 24.8 Å². The van der Waals surface area contributed by atoms with Gasteiger partial charge in [-0.1, -0.05) is 20.3 Å². The first-order valence-corrected chi connectivity index (χ1v) is 7.59. The Morgan fingerprint density at radius 3 is 2.00 bits per heavy atom. The van der Waals surface area contributed by atoms with Crippen LogP contribution < -0.4 is 0 Å². The van der Waals surface area contributed by atoms with Crippen molar-refractivity contribution in [1.82, 2.24) is 0 Å². The monoisotopic (exact) mass is 190 g/mol. The van der Waals surface area contributed by atoms with Crippen LogP contribution in [0.5, 0.6) is 0 Å². The fourth-order valence-corrected chi connectivity index (χ4v) is 1.77. The van der Waals surface area contributed by atoms with Crippen LogP contribution in [0.15, 0.2) is 0 Å². The lowest BCUT2D eigenvalue weighted by molar-refractivity contribution is 0.278. The van der Waals surface area contributed by atoms with Crippen LogP contribution in [0.1, 0.15) is 33.1 Å². The molecule has 0 aliphatic heterocycles. The van der Waals surface area contributed by atoms with Crippen LogP contribution >= 0.6 is 0 Å². The fraction of sp³-hybridized carbons (Fsp3) is 1.00. The first kappa shape index (κ1) is 12.1. The first-order chi connectivity index (χ1) is 5.31. The Balaban J connectivity index is 3.88. The van der Waals surface area contributed by atoms with Crippen molar-refractivity contribution in [2.75, 3.05) is 6.61 Å². The normalized spacial score (nSPS) is 13.5. The smallest absolute Gasteiger partial charge is 0.188 e. The van der Waals surface area contributed by atoms with E-state index in [4.69, 9.17) is 5.11 Å². The van der Waals surface area contributed by atoms with Crippen LogP contribution in [0, 0.1) is 0 Å². The highest BCUT2D eigenvalue weighted by molar-refractivity contribution is 6.72. The Labute approximate surface area is 76.8 Å². The van der Waals surface area contributed by atoms with E-state index >= 15 is 0 Å². The van der Waals surface area contributed by atoms with E-state index in [0.717, 1.165) is 19.3 Å². The summed E-state index contributed by atoms with van der Waals surface area (Å²) in [5.41, 5.74) is 0. The number of unbranched alkanes of at least 4 members (excludes halogenated alkanes) is 1. The minimum absolute atomic E-state index is 0.0716. The average Bonchev–Trinajstić information content (AvgIpc) is 1.85. The molecule has 3 heteroatoms. The first-order valence-electron chi connectivity index (χ1n) is 4.64. The Morgan fingerprint density at radius 2 is 1.67 bits per heavy atom. The summed E-state index contributed by atoms with van der Waals surface area (Å²) in [4.78, 5) is 9.92. The molecule has 0 aliphatic rings. The van der Waals surface area contributed by atoms with Gasteiger partial charge in [-0.25, -0.2) is 0 Å². The zero-order chi connectivity index (χ0) is 9.83. The van der Waals surface area contributed by atoms with Gasteiger partial charge in [-0.15, -0.1) is 0 Å². The summed E-state index contributed by atoms with van der Waals surface area (Å²) in [6, 6.07) is 0. The van der Waals surface area contributed by atoms with Crippen molar-refractivity contribution in [1.29, 1.82) is 0 Å². The van der Waals surface area contributed by atoms with Crippen molar-refractivity contribution >= 4 is 8.32 Å². The van der Waals surface area contributed by atoms with E-state index in [1.165, 1.54) is 0 Å². The molecule has 0 bridgehead atoms. The maximum Gasteiger partial charge on any atom is 0.188 e. The van der Waals surface area contributed by atoms with Gasteiger partial charge in [0.1, 0.15) is 0 Å². The van der Waals surface area contributed by atoms with Crippen molar-refractivity contribution in [3.63, 3.8) is 0 Å². The van der Waals surface area contributed by atoms with Gasteiger partial charge in [-0.3, -0.25) is 0 Å². The number of hydrogen-bond donors (Lipinski definition) is 2. The molecule has 0 aromatic carbocycles. The van der Waals surface area contributed by atoms with Crippen molar-refractivity contribution < 1.29 is 9.90 Å². The molecule has 2 N–H and O–H groups in total. The van der Waals surface area contributed by atoms with Gasteiger partial charge in [-0.2, -0.15) is 0 Å². The number of aliphatic hydroxyl groups is 1. The van der Waals surface area contributed by atoms with Crippen LogP contribution in [0.3, 0.4) is 0 Å². The summed E-state index contributed by atoms with van der Waals surface area (Å²) in [5, 5.41) is 8.69. The van der Waals surface area contributed by atoms with Gasteiger partial charge in [0.05, 0.1) is 0 Å². The predicted molar refractivity (Wildman–Crippen MR) is 54.7 cm³/mol. The summed E-state index contributed by atoms with van der Waals surface area (Å²) in [5.74, 6) is 0. The van der Waals surface area contributed by atoms with Crippen LogP contribution in [-0.2, 0) is 0 Å². The summed E-state index contributed by atoms with van der Waals surface area (Å²) < 4.78 is 0. The van der Waals surface area contributed by atoms with Crippen LogP contribution in [0.4, 0.5) is 0 Å². The lowest BCUT2D eigenvalue weighted by Crippen LogP contribution is -2.38. The van der Waals surface area contributed by atoms with E-state index in [2.05, 4.69) is 13.8 Å². The highest BCUT2D eigenvalue weighted by Crippen LogP contribution is 2.39. The summed E-state index contributed by atoms with van der Waals surface area (Å²) in [7, 11) is -2.02. The number of rotatable bonds is 5. The summed E-state index contributed by atoms with van der Waals surface area (Å²) in [6.45, 7) is 8.47. The molecular weight excluding hydrogens is 168 g/mol. The predicted octanol–water partition coefficient (Wildman–Crippen LogP) is 2.13. The third-order valence-electron chi connectivity index (χ3n) is 2.87. The second kappa shape index (κ2) is 4.39. The molecule has 0 saturated carbocycles. The number of hydrogen-bond acceptors (Lipinski definition) is 2. The van der Waals surface area contributed by atoms with Gasteiger partial charge >= 0.3 is 0 Å². The highest BCUT2D eigenvalue weighted by Gasteiger charge is 2.36. The zero-order valence-corrected chi connectivity index (χ0v) is 9.72. The third kappa shape index (κ3) is 3.69. The molecule has 74 valence electrons. The average molecular weight is 190 g/mol. The molecule has 0 aromatic rings. The van der Waals surface area contributed by atoms with Gasteiger partial charge in [0.2, 0.25) is 0 Å². The van der Waals surface area contributed by atoms with Crippen molar-refractivity contribution in [2.45, 2.75) is 51.2 Å². The Kier molecular flexibility index (Phi) is 4.44. The second-order valence-corrected chi connectivity index (χ2v) is 9.10. The zero-order valence-electron chi connectivity index (χ0n) is 8.72. The molecule has 0 aliphatic carbocycles. The molecule has 12 heavy (non-hydrogen) atoms. The minimum atomic E-state index is -2.02. The lowest BCUT2D eigenvalue weighted by atomic mass is 10.1. The largest absolute Gasteiger partial charge is 0.432 e. The number of aliphatic hydroxyl groups excluding tert-OH is 1. The fourth-order valence-electron chi connectivity index (χ4n) is 0.985. The molecule has 0 rings (SSSR count). The molecular formula is C9H22O2Si. The summed E-state index contributed by atoms with van der Waals surface area (Å²) >= 11 is 0. The summed E-state index contributed by atoms with van der Waals surface area (Å²) in [6.07, 6.45) is 2.89. The molecule has 0 unspecified atom stereocenters.